The lowest BCUT2D eigenvalue weighted by atomic mass is 9.33. The minimum Gasteiger partial charge on any atom is -0.481 e. The maximum absolute atomic E-state index is 14.1. The van der Waals surface area contributed by atoms with Crippen LogP contribution in [0.25, 0.3) is 0 Å². The van der Waals surface area contributed by atoms with Crippen LogP contribution in [0.5, 0.6) is 0 Å². The number of ketones is 1. The zero-order valence-electron chi connectivity index (χ0n) is 33.8. The molecule has 7 heteroatoms. The standard InChI is InChI=1S/C44H71NO6/c1-26(2)36-30(46)23-44(33(47)25-45-29-14-12-11-13-27(29)3)22-21-42(9)28(37(36)44)15-16-32-41(8)19-18-34(51-35(48)24-39(4,5)38(49)50)40(6,7)31(41)17-20-43(32,42)10/h26-29,31-34,45,47H,11-25H2,1-10H3,(H,49,50)/t27?,28-,29?,31?,32?,33-,34+,41+,42-,43-,44?/m1/s1. The summed E-state index contributed by atoms with van der Waals surface area (Å²) in [6, 6.07) is 0.442. The van der Waals surface area contributed by atoms with Gasteiger partial charge >= 0.3 is 11.9 Å². The smallest absolute Gasteiger partial charge is 0.309 e. The molecular formula is C44H71NO6. The van der Waals surface area contributed by atoms with Gasteiger partial charge in [-0.05, 0) is 129 Å². The summed E-state index contributed by atoms with van der Waals surface area (Å²) >= 11 is 0. The largest absolute Gasteiger partial charge is 0.481 e. The Kier molecular flexibility index (Phi) is 10.1. The van der Waals surface area contributed by atoms with Crippen LogP contribution in [-0.2, 0) is 19.1 Å². The van der Waals surface area contributed by atoms with E-state index in [9.17, 15) is 24.6 Å². The van der Waals surface area contributed by atoms with E-state index in [0.29, 0.717) is 42.7 Å². The molecule has 0 aromatic heterocycles. The Labute approximate surface area is 308 Å². The maximum Gasteiger partial charge on any atom is 0.309 e. The van der Waals surface area contributed by atoms with Gasteiger partial charge in [-0.1, -0.05) is 73.8 Å². The van der Waals surface area contributed by atoms with Gasteiger partial charge in [0.05, 0.1) is 17.9 Å². The fourth-order valence-corrected chi connectivity index (χ4v) is 14.0. The second-order valence-electron chi connectivity index (χ2n) is 20.8. The quantitative estimate of drug-likeness (QED) is 0.205. The molecule has 0 aromatic rings. The predicted octanol–water partition coefficient (Wildman–Crippen LogP) is 8.91. The number of Topliss-reactive ketones (excluding diaryl/α,β-unsaturated/α-hetero) is 1. The van der Waals surface area contributed by atoms with Crippen molar-refractivity contribution in [2.45, 2.75) is 177 Å². The van der Waals surface area contributed by atoms with Gasteiger partial charge in [-0.2, -0.15) is 0 Å². The fourth-order valence-electron chi connectivity index (χ4n) is 14.0. The molecule has 0 saturated heterocycles. The number of rotatable bonds is 9. The highest BCUT2D eigenvalue weighted by molar-refractivity contribution is 6.00. The molecule has 288 valence electrons. The molecule has 7 nitrogen and oxygen atoms in total. The second kappa shape index (κ2) is 13.2. The number of hydrogen-bond donors (Lipinski definition) is 3. The first-order chi connectivity index (χ1) is 23.7. The number of aliphatic hydroxyl groups excluding tert-OH is 1. The third-order valence-electron chi connectivity index (χ3n) is 17.2. The lowest BCUT2D eigenvalue weighted by Gasteiger charge is -2.72. The summed E-state index contributed by atoms with van der Waals surface area (Å²) in [4.78, 5) is 38.9. The fraction of sp³-hybridized carbons (Fsp3) is 0.886. The number of allylic oxidation sites excluding steroid dienone is 1. The number of esters is 1. The van der Waals surface area contributed by atoms with Gasteiger partial charge in [-0.15, -0.1) is 0 Å². The van der Waals surface area contributed by atoms with Crippen LogP contribution >= 0.6 is 0 Å². The van der Waals surface area contributed by atoms with E-state index < -0.39 is 28.9 Å². The van der Waals surface area contributed by atoms with Gasteiger partial charge in [0.15, 0.2) is 5.78 Å². The maximum atomic E-state index is 14.1. The molecule has 0 bridgehead atoms. The van der Waals surface area contributed by atoms with Gasteiger partial charge in [0.25, 0.3) is 0 Å². The Bertz CT molecular complexity index is 1430. The first-order valence-corrected chi connectivity index (χ1v) is 20.8. The Morgan fingerprint density at radius 3 is 2.24 bits per heavy atom. The summed E-state index contributed by atoms with van der Waals surface area (Å²) < 4.78 is 6.17. The number of carboxylic acids is 1. The van der Waals surface area contributed by atoms with Gasteiger partial charge in [0.1, 0.15) is 6.10 Å². The van der Waals surface area contributed by atoms with E-state index in [1.165, 1.54) is 31.3 Å². The Morgan fingerprint density at radius 1 is 0.902 bits per heavy atom. The number of aliphatic hydroxyl groups is 1. The van der Waals surface area contributed by atoms with Crippen molar-refractivity contribution in [2.24, 2.45) is 62.1 Å². The average molecular weight is 710 g/mol. The Hall–Kier alpha value is -1.73. The third-order valence-corrected chi connectivity index (χ3v) is 17.2. The third kappa shape index (κ3) is 6.00. The van der Waals surface area contributed by atoms with Crippen LogP contribution in [-0.4, -0.2) is 52.7 Å². The second-order valence-corrected chi connectivity index (χ2v) is 20.8. The molecule has 0 aromatic carbocycles. The molecule has 5 unspecified atom stereocenters. The van der Waals surface area contributed by atoms with Crippen molar-refractivity contribution in [2.75, 3.05) is 6.54 Å². The number of carboxylic acid groups (broad SMARTS) is 1. The molecule has 51 heavy (non-hydrogen) atoms. The van der Waals surface area contributed by atoms with Crippen LogP contribution < -0.4 is 5.32 Å². The molecule has 0 radical (unpaired) electrons. The minimum atomic E-state index is -1.15. The number of hydrogen-bond acceptors (Lipinski definition) is 6. The van der Waals surface area contributed by atoms with Crippen molar-refractivity contribution < 1.29 is 29.3 Å². The molecule has 3 N–H and O–H groups in total. The SMILES string of the molecule is CC(C)C1=C2[C@H]3CCC4[C@@]5(C)CC[C@H](OC(=O)CC(C)(C)C(=O)O)C(C)(C)C5CC[C@@]4(C)[C@]3(C)CCC2([C@H](O)CNC2CCCCC2C)CC1=O. The molecule has 6 aliphatic rings. The zero-order valence-corrected chi connectivity index (χ0v) is 33.8. The van der Waals surface area contributed by atoms with Gasteiger partial charge in [-0.3, -0.25) is 14.4 Å². The Morgan fingerprint density at radius 2 is 1.59 bits per heavy atom. The molecular weight excluding hydrogens is 638 g/mol. The van der Waals surface area contributed by atoms with E-state index in [2.05, 4.69) is 60.7 Å². The Balaban J connectivity index is 1.27. The molecule has 0 spiro atoms. The lowest BCUT2D eigenvalue weighted by Crippen LogP contribution is -2.66. The van der Waals surface area contributed by atoms with Crippen LogP contribution in [0.4, 0.5) is 0 Å². The molecule has 6 aliphatic carbocycles. The normalized spacial score (nSPS) is 42.8. The van der Waals surface area contributed by atoms with Gasteiger partial charge < -0.3 is 20.3 Å². The van der Waals surface area contributed by atoms with E-state index in [1.807, 2.05) is 0 Å². The van der Waals surface area contributed by atoms with Crippen LogP contribution in [0.2, 0.25) is 0 Å². The van der Waals surface area contributed by atoms with E-state index in [0.717, 1.165) is 56.9 Å². The van der Waals surface area contributed by atoms with Gasteiger partial charge in [0, 0.05) is 29.8 Å². The monoisotopic (exact) mass is 710 g/mol. The molecule has 5 fully saturated rings. The predicted molar refractivity (Wildman–Crippen MR) is 201 cm³/mol. The van der Waals surface area contributed by atoms with E-state index >= 15 is 0 Å². The molecule has 6 rings (SSSR count). The zero-order chi connectivity index (χ0) is 37.5. The summed E-state index contributed by atoms with van der Waals surface area (Å²) in [5.74, 6) is 0.846. The van der Waals surface area contributed by atoms with Crippen LogP contribution in [0.1, 0.15) is 159 Å². The summed E-state index contributed by atoms with van der Waals surface area (Å²) in [5.41, 5.74) is 0.724. The summed E-state index contributed by atoms with van der Waals surface area (Å²) in [6.45, 7) is 22.7. The molecule has 0 aliphatic heterocycles. The van der Waals surface area contributed by atoms with Gasteiger partial charge in [-0.25, -0.2) is 0 Å². The number of aliphatic carboxylic acids is 1. The van der Waals surface area contributed by atoms with E-state index in [4.69, 9.17) is 4.74 Å². The topological polar surface area (TPSA) is 113 Å². The first-order valence-electron chi connectivity index (χ1n) is 20.8. The summed E-state index contributed by atoms with van der Waals surface area (Å²) in [5, 5.41) is 25.7. The number of fused-ring (bicyclic) bond motifs is 7. The molecule has 5 saturated carbocycles. The molecule has 0 amide bonds. The van der Waals surface area contributed by atoms with Crippen LogP contribution in [0, 0.1) is 62.1 Å². The highest BCUT2D eigenvalue weighted by Crippen LogP contribution is 2.77. The van der Waals surface area contributed by atoms with Crippen LogP contribution in [0.3, 0.4) is 0 Å². The molecule has 11 atom stereocenters. The van der Waals surface area contributed by atoms with E-state index in [1.54, 1.807) is 13.8 Å². The number of nitrogens with one attached hydrogen (secondary N) is 1. The van der Waals surface area contributed by atoms with Crippen LogP contribution in [0.15, 0.2) is 11.1 Å². The summed E-state index contributed by atoms with van der Waals surface area (Å²) in [6.07, 6.45) is 12.6. The highest BCUT2D eigenvalue weighted by atomic mass is 16.5. The highest BCUT2D eigenvalue weighted by Gasteiger charge is 2.70. The van der Waals surface area contributed by atoms with Crippen molar-refractivity contribution in [3.8, 4) is 0 Å². The van der Waals surface area contributed by atoms with Crippen molar-refractivity contribution >= 4 is 17.7 Å². The number of carbonyl (C=O) groups is 3. The van der Waals surface area contributed by atoms with Crippen molar-refractivity contribution in [1.29, 1.82) is 0 Å². The van der Waals surface area contributed by atoms with Crippen molar-refractivity contribution in [3.05, 3.63) is 11.1 Å². The van der Waals surface area contributed by atoms with Crippen molar-refractivity contribution in [1.82, 2.24) is 5.32 Å². The van der Waals surface area contributed by atoms with E-state index in [-0.39, 0.29) is 45.9 Å². The van der Waals surface area contributed by atoms with Crippen molar-refractivity contribution in [3.63, 3.8) is 0 Å². The number of ether oxygens (including phenoxy) is 1. The minimum absolute atomic E-state index is 0.0222. The lowest BCUT2D eigenvalue weighted by molar-refractivity contribution is -0.235. The molecule has 0 heterocycles. The number of carbonyl (C=O) groups excluding carboxylic acids is 2. The first kappa shape index (κ1) is 39.0. The van der Waals surface area contributed by atoms with Gasteiger partial charge in [0.2, 0.25) is 0 Å². The summed E-state index contributed by atoms with van der Waals surface area (Å²) in [7, 11) is 0. The average Bonchev–Trinajstić information content (AvgIpc) is 3.35.